The topological polar surface area (TPSA) is 21.6 Å². The molecule has 0 unspecified atom stereocenters. The molecule has 0 aliphatic heterocycles. The maximum atomic E-state index is 5.76. The van der Waals surface area contributed by atoms with Crippen LogP contribution in [0, 0.1) is 0 Å². The van der Waals surface area contributed by atoms with E-state index in [0.717, 1.165) is 5.56 Å². The van der Waals surface area contributed by atoms with Crippen molar-refractivity contribution in [3.63, 3.8) is 0 Å². The minimum absolute atomic E-state index is 0.580. The molecular weight excluding hydrogens is 174 g/mol. The van der Waals surface area contributed by atoms with Crippen LogP contribution in [0.4, 0.5) is 0 Å². The number of benzene rings is 1. The molecule has 0 saturated heterocycles. The molecule has 1 aromatic rings. The smallest absolute Gasteiger partial charge is 0.114 e. The van der Waals surface area contributed by atoms with Crippen LogP contribution < -0.4 is 0 Å². The molecule has 0 heterocycles. The van der Waals surface area contributed by atoms with Crippen LogP contribution in [0.3, 0.4) is 0 Å². The van der Waals surface area contributed by atoms with Crippen LogP contribution in [0.5, 0.6) is 0 Å². The number of oxime groups is 1. The third kappa shape index (κ3) is 2.93. The van der Waals surface area contributed by atoms with Crippen LogP contribution in [0.25, 0.3) is 0 Å². The van der Waals surface area contributed by atoms with Gasteiger partial charge in [0, 0.05) is 5.02 Å². The summed E-state index contributed by atoms with van der Waals surface area (Å²) < 4.78 is 0. The molecule has 0 radical (unpaired) electrons. The fourth-order valence-electron chi connectivity index (χ4n) is 0.760. The van der Waals surface area contributed by atoms with Crippen molar-refractivity contribution in [3.8, 4) is 0 Å². The second-order valence-electron chi connectivity index (χ2n) is 2.21. The minimum Gasteiger partial charge on any atom is -0.396 e. The number of hydrogen-bond acceptors (Lipinski definition) is 2. The van der Waals surface area contributed by atoms with Gasteiger partial charge in [0.2, 0.25) is 0 Å². The molecule has 0 N–H and O–H groups in total. The van der Waals surface area contributed by atoms with Gasteiger partial charge in [0.05, 0.1) is 6.21 Å². The molecule has 0 aromatic heterocycles. The van der Waals surface area contributed by atoms with Crippen molar-refractivity contribution in [3.05, 3.63) is 34.9 Å². The molecule has 1 rings (SSSR count). The first kappa shape index (κ1) is 9.07. The first-order valence-electron chi connectivity index (χ1n) is 3.74. The number of hydrogen-bond donors (Lipinski definition) is 0. The highest BCUT2D eigenvalue weighted by atomic mass is 35.5. The second-order valence-corrected chi connectivity index (χ2v) is 2.64. The van der Waals surface area contributed by atoms with Gasteiger partial charge in [-0.25, -0.2) is 0 Å². The average Bonchev–Trinajstić information content (AvgIpc) is 2.05. The second kappa shape index (κ2) is 4.78. The zero-order valence-electron chi connectivity index (χ0n) is 6.83. The van der Waals surface area contributed by atoms with Crippen LogP contribution >= 0.6 is 11.6 Å². The fourth-order valence-corrected chi connectivity index (χ4v) is 0.958. The summed E-state index contributed by atoms with van der Waals surface area (Å²) in [6.45, 7) is 2.46. The summed E-state index contributed by atoms with van der Waals surface area (Å²) >= 11 is 5.76. The van der Waals surface area contributed by atoms with Gasteiger partial charge in [0.1, 0.15) is 6.61 Å². The van der Waals surface area contributed by atoms with E-state index < -0.39 is 0 Å². The summed E-state index contributed by atoms with van der Waals surface area (Å²) in [5.41, 5.74) is 0.941. The largest absolute Gasteiger partial charge is 0.396 e. The van der Waals surface area contributed by atoms with Gasteiger partial charge in [0.15, 0.2) is 0 Å². The predicted molar refractivity (Wildman–Crippen MR) is 50.7 cm³/mol. The highest BCUT2D eigenvalue weighted by Crippen LogP contribution is 2.08. The summed E-state index contributed by atoms with van der Waals surface area (Å²) in [5.74, 6) is 0. The van der Waals surface area contributed by atoms with Crippen molar-refractivity contribution >= 4 is 17.8 Å². The van der Waals surface area contributed by atoms with Gasteiger partial charge in [-0.15, -0.1) is 0 Å². The Morgan fingerprint density at radius 1 is 1.58 bits per heavy atom. The van der Waals surface area contributed by atoms with E-state index in [1.807, 2.05) is 31.2 Å². The Morgan fingerprint density at radius 2 is 2.42 bits per heavy atom. The Labute approximate surface area is 76.8 Å². The minimum atomic E-state index is 0.580. The van der Waals surface area contributed by atoms with Crippen molar-refractivity contribution in [2.45, 2.75) is 6.92 Å². The summed E-state index contributed by atoms with van der Waals surface area (Å²) in [6, 6.07) is 7.42. The van der Waals surface area contributed by atoms with Gasteiger partial charge in [-0.05, 0) is 24.6 Å². The lowest BCUT2D eigenvalue weighted by Crippen LogP contribution is -1.83. The molecule has 3 heteroatoms. The molecule has 0 aliphatic rings. The van der Waals surface area contributed by atoms with E-state index in [-0.39, 0.29) is 0 Å². The van der Waals surface area contributed by atoms with E-state index in [0.29, 0.717) is 11.6 Å². The molecular formula is C9H10ClNO. The van der Waals surface area contributed by atoms with Gasteiger partial charge in [-0.1, -0.05) is 28.9 Å². The molecule has 0 saturated carbocycles. The third-order valence-corrected chi connectivity index (χ3v) is 1.49. The van der Waals surface area contributed by atoms with Gasteiger partial charge >= 0.3 is 0 Å². The lowest BCUT2D eigenvalue weighted by Gasteiger charge is -1.93. The van der Waals surface area contributed by atoms with E-state index in [2.05, 4.69) is 5.16 Å². The molecule has 0 atom stereocenters. The average molecular weight is 184 g/mol. The molecule has 12 heavy (non-hydrogen) atoms. The first-order chi connectivity index (χ1) is 5.83. The summed E-state index contributed by atoms with van der Waals surface area (Å²) in [5, 5.41) is 4.42. The van der Waals surface area contributed by atoms with E-state index >= 15 is 0 Å². The van der Waals surface area contributed by atoms with Crippen molar-refractivity contribution < 1.29 is 4.84 Å². The monoisotopic (exact) mass is 183 g/mol. The molecule has 0 spiro atoms. The SMILES string of the molecule is CCON=Cc1cccc(Cl)c1. The van der Waals surface area contributed by atoms with Gasteiger partial charge in [-0.2, -0.15) is 0 Å². The molecule has 1 aromatic carbocycles. The van der Waals surface area contributed by atoms with Gasteiger partial charge in [0.25, 0.3) is 0 Å². The third-order valence-electron chi connectivity index (χ3n) is 1.25. The van der Waals surface area contributed by atoms with Gasteiger partial charge < -0.3 is 4.84 Å². The number of nitrogens with zero attached hydrogens (tertiary/aromatic N) is 1. The maximum absolute atomic E-state index is 5.76. The standard InChI is InChI=1S/C9H10ClNO/c1-2-12-11-7-8-4-3-5-9(10)6-8/h3-7H,2H2,1H3. The van der Waals surface area contributed by atoms with Crippen molar-refractivity contribution in [2.75, 3.05) is 6.61 Å². The van der Waals surface area contributed by atoms with Crippen molar-refractivity contribution in [1.82, 2.24) is 0 Å². The van der Waals surface area contributed by atoms with E-state index in [9.17, 15) is 0 Å². The highest BCUT2D eigenvalue weighted by molar-refractivity contribution is 6.30. The Kier molecular flexibility index (Phi) is 3.61. The normalized spacial score (nSPS) is 10.5. The van der Waals surface area contributed by atoms with Crippen LogP contribution in [-0.2, 0) is 4.84 Å². The molecule has 64 valence electrons. The Morgan fingerprint density at radius 3 is 3.08 bits per heavy atom. The van der Waals surface area contributed by atoms with Gasteiger partial charge in [-0.3, -0.25) is 0 Å². The zero-order chi connectivity index (χ0) is 8.81. The summed E-state index contributed by atoms with van der Waals surface area (Å²) in [7, 11) is 0. The van der Waals surface area contributed by atoms with Crippen LogP contribution in [0.1, 0.15) is 12.5 Å². The number of rotatable bonds is 3. The highest BCUT2D eigenvalue weighted by Gasteiger charge is 1.88. The lowest BCUT2D eigenvalue weighted by molar-refractivity contribution is 0.160. The summed E-state index contributed by atoms with van der Waals surface area (Å²) in [6.07, 6.45) is 1.63. The zero-order valence-corrected chi connectivity index (χ0v) is 7.58. The van der Waals surface area contributed by atoms with Crippen LogP contribution in [0.15, 0.2) is 29.4 Å². The van der Waals surface area contributed by atoms with Crippen molar-refractivity contribution in [2.24, 2.45) is 5.16 Å². The molecule has 0 aliphatic carbocycles. The van der Waals surface area contributed by atoms with Crippen LogP contribution in [0.2, 0.25) is 5.02 Å². The van der Waals surface area contributed by atoms with E-state index in [1.165, 1.54) is 0 Å². The first-order valence-corrected chi connectivity index (χ1v) is 4.11. The Balaban J connectivity index is 2.63. The number of halogens is 1. The van der Waals surface area contributed by atoms with Crippen LogP contribution in [-0.4, -0.2) is 12.8 Å². The quantitative estimate of drug-likeness (QED) is 0.522. The summed E-state index contributed by atoms with van der Waals surface area (Å²) in [4.78, 5) is 4.80. The fraction of sp³-hybridized carbons (Fsp3) is 0.222. The molecule has 0 bridgehead atoms. The lowest BCUT2D eigenvalue weighted by atomic mass is 10.2. The predicted octanol–water partition coefficient (Wildman–Crippen LogP) is 2.71. The molecule has 2 nitrogen and oxygen atoms in total. The van der Waals surface area contributed by atoms with E-state index in [4.69, 9.17) is 16.4 Å². The van der Waals surface area contributed by atoms with E-state index in [1.54, 1.807) is 6.21 Å². The Hall–Kier alpha value is -1.02. The van der Waals surface area contributed by atoms with Crippen molar-refractivity contribution in [1.29, 1.82) is 0 Å². The molecule has 0 fully saturated rings. The molecule has 0 amide bonds. The maximum Gasteiger partial charge on any atom is 0.114 e. The Bertz CT molecular complexity index is 273.